The van der Waals surface area contributed by atoms with Crippen LogP contribution in [0, 0.1) is 0 Å². The minimum Gasteiger partial charge on any atom is -0.494 e. The molecule has 0 heterocycles. The summed E-state index contributed by atoms with van der Waals surface area (Å²) in [7, 11) is 4.09. The molecule has 0 spiro atoms. The van der Waals surface area contributed by atoms with Gasteiger partial charge in [-0.05, 0) is 0 Å². The van der Waals surface area contributed by atoms with Crippen LogP contribution in [0.3, 0.4) is 0 Å². The van der Waals surface area contributed by atoms with Crippen molar-refractivity contribution in [3.05, 3.63) is 23.6 Å². The quantitative estimate of drug-likeness (QED) is 0.263. The monoisotopic (exact) mass is 306 g/mol. The zero-order valence-corrected chi connectivity index (χ0v) is 14.1. The lowest BCUT2D eigenvalue weighted by molar-refractivity contribution is -0.0157. The first-order valence-corrected chi connectivity index (χ1v) is 8.01. The molecule has 0 bridgehead atoms. The SMILES string of the molecule is C=C[SiH2]C(OCCOC)=C(OCCOC)OCCOC. The van der Waals surface area contributed by atoms with Crippen LogP contribution in [-0.4, -0.2) is 70.5 Å². The van der Waals surface area contributed by atoms with Crippen LogP contribution in [-0.2, 0) is 28.4 Å². The molecule has 20 heavy (non-hydrogen) atoms. The fourth-order valence-corrected chi connectivity index (χ4v) is 2.11. The molecule has 0 atom stereocenters. The van der Waals surface area contributed by atoms with Crippen LogP contribution < -0.4 is 0 Å². The van der Waals surface area contributed by atoms with Gasteiger partial charge in [0.15, 0.2) is 5.38 Å². The van der Waals surface area contributed by atoms with E-state index in [2.05, 4.69) is 6.58 Å². The Hall–Kier alpha value is -1.02. The third-order valence-electron chi connectivity index (χ3n) is 2.16. The molecule has 0 aliphatic heterocycles. The molecule has 0 radical (unpaired) electrons. The highest BCUT2D eigenvalue weighted by Gasteiger charge is 2.11. The van der Waals surface area contributed by atoms with Gasteiger partial charge in [0, 0.05) is 21.3 Å². The highest BCUT2D eigenvalue weighted by atomic mass is 28.2. The average molecular weight is 306 g/mol. The molecule has 0 aromatic heterocycles. The Labute approximate surface area is 123 Å². The van der Waals surface area contributed by atoms with Gasteiger partial charge in [0.25, 0.3) is 0 Å². The first-order valence-electron chi connectivity index (χ1n) is 6.49. The number of ether oxygens (including phenoxy) is 6. The lowest BCUT2D eigenvalue weighted by atomic mass is 10.7. The van der Waals surface area contributed by atoms with Crippen molar-refractivity contribution >= 4 is 9.52 Å². The van der Waals surface area contributed by atoms with Crippen LogP contribution in [0.2, 0.25) is 0 Å². The summed E-state index contributed by atoms with van der Waals surface area (Å²) in [5.41, 5.74) is 1.86. The Bertz CT molecular complexity index is 258. The molecule has 0 aromatic rings. The molecule has 0 fully saturated rings. The Morgan fingerprint density at radius 2 is 1.25 bits per heavy atom. The molecule has 6 nitrogen and oxygen atoms in total. The zero-order valence-electron chi connectivity index (χ0n) is 12.7. The molecule has 0 aliphatic rings. The van der Waals surface area contributed by atoms with Gasteiger partial charge in [-0.15, -0.1) is 6.58 Å². The molecule has 0 aliphatic carbocycles. The van der Waals surface area contributed by atoms with E-state index in [-0.39, 0.29) is 0 Å². The summed E-state index contributed by atoms with van der Waals surface area (Å²) in [5.74, 6) is 0.404. The van der Waals surface area contributed by atoms with Crippen molar-refractivity contribution in [3.63, 3.8) is 0 Å². The Kier molecular flexibility index (Phi) is 13.7. The highest BCUT2D eigenvalue weighted by molar-refractivity contribution is 6.50. The first-order chi connectivity index (χ1) is 9.79. The minimum atomic E-state index is -0.774. The second kappa shape index (κ2) is 14.4. The maximum atomic E-state index is 5.66. The third kappa shape index (κ3) is 9.85. The second-order valence-electron chi connectivity index (χ2n) is 3.73. The van der Waals surface area contributed by atoms with E-state index in [9.17, 15) is 0 Å². The Balaban J connectivity index is 4.60. The van der Waals surface area contributed by atoms with Crippen molar-refractivity contribution in [2.45, 2.75) is 0 Å². The van der Waals surface area contributed by atoms with Crippen LogP contribution in [0.1, 0.15) is 0 Å². The van der Waals surface area contributed by atoms with E-state index >= 15 is 0 Å². The third-order valence-corrected chi connectivity index (χ3v) is 3.31. The van der Waals surface area contributed by atoms with Gasteiger partial charge in [-0.25, -0.2) is 0 Å². The van der Waals surface area contributed by atoms with Gasteiger partial charge in [0.05, 0.1) is 19.8 Å². The lowest BCUT2D eigenvalue weighted by Gasteiger charge is -2.16. The molecular weight excluding hydrogens is 280 g/mol. The van der Waals surface area contributed by atoms with Crippen molar-refractivity contribution in [1.82, 2.24) is 0 Å². The zero-order chi connectivity index (χ0) is 15.1. The Morgan fingerprint density at radius 1 is 0.800 bits per heavy atom. The van der Waals surface area contributed by atoms with E-state index in [1.165, 1.54) is 0 Å². The Morgan fingerprint density at radius 3 is 1.65 bits per heavy atom. The number of rotatable bonds is 14. The van der Waals surface area contributed by atoms with Crippen molar-refractivity contribution in [2.75, 3.05) is 61.0 Å². The van der Waals surface area contributed by atoms with Gasteiger partial charge in [0.2, 0.25) is 0 Å². The number of hydrogen-bond acceptors (Lipinski definition) is 6. The fourth-order valence-electron chi connectivity index (χ4n) is 1.22. The second-order valence-corrected chi connectivity index (χ2v) is 5.36. The van der Waals surface area contributed by atoms with Gasteiger partial charge in [-0.1, -0.05) is 5.70 Å². The lowest BCUT2D eigenvalue weighted by Crippen LogP contribution is -2.15. The molecule has 0 unspecified atom stereocenters. The van der Waals surface area contributed by atoms with Crippen LogP contribution in [0.4, 0.5) is 0 Å². The molecule has 118 valence electrons. The van der Waals surface area contributed by atoms with Gasteiger partial charge in [0.1, 0.15) is 29.3 Å². The van der Waals surface area contributed by atoms with Crippen LogP contribution in [0.25, 0.3) is 0 Å². The maximum Gasteiger partial charge on any atom is 0.313 e. The standard InChI is InChI=1S/C13H26O6Si/c1-5-20-13(19-11-8-16-4)12(17-9-6-14-2)18-10-7-15-3/h5H,1,6-11,20H2,2-4H3. The van der Waals surface area contributed by atoms with Crippen molar-refractivity contribution in [1.29, 1.82) is 0 Å². The number of hydrogen-bond donors (Lipinski definition) is 0. The predicted octanol–water partition coefficient (Wildman–Crippen LogP) is 0.414. The topological polar surface area (TPSA) is 55.4 Å². The van der Waals surface area contributed by atoms with Crippen LogP contribution in [0.5, 0.6) is 0 Å². The highest BCUT2D eigenvalue weighted by Crippen LogP contribution is 2.10. The predicted molar refractivity (Wildman–Crippen MR) is 79.3 cm³/mol. The smallest absolute Gasteiger partial charge is 0.313 e. The van der Waals surface area contributed by atoms with Gasteiger partial charge in [-0.2, -0.15) is 0 Å². The van der Waals surface area contributed by atoms with Gasteiger partial charge >= 0.3 is 5.95 Å². The molecule has 0 N–H and O–H groups in total. The van der Waals surface area contributed by atoms with E-state index < -0.39 is 9.52 Å². The van der Waals surface area contributed by atoms with Crippen molar-refractivity contribution in [3.8, 4) is 0 Å². The summed E-state index contributed by atoms with van der Waals surface area (Å²) in [6.07, 6.45) is 0. The number of methoxy groups -OCH3 is 3. The molecule has 0 saturated heterocycles. The summed E-state index contributed by atoms with van der Waals surface area (Å²) in [6.45, 7) is 6.51. The van der Waals surface area contributed by atoms with Gasteiger partial charge < -0.3 is 28.4 Å². The van der Waals surface area contributed by atoms with Crippen molar-refractivity contribution < 1.29 is 28.4 Å². The molecule has 0 saturated carbocycles. The molecule has 0 rings (SSSR count). The summed E-state index contributed by atoms with van der Waals surface area (Å²) in [5, 5.41) is 0.726. The van der Waals surface area contributed by atoms with Crippen LogP contribution in [0.15, 0.2) is 23.6 Å². The summed E-state index contributed by atoms with van der Waals surface area (Å²) in [6, 6.07) is 0. The van der Waals surface area contributed by atoms with E-state index in [1.54, 1.807) is 21.3 Å². The van der Waals surface area contributed by atoms with E-state index in [4.69, 9.17) is 28.4 Å². The van der Waals surface area contributed by atoms with E-state index in [1.807, 2.05) is 5.70 Å². The fraction of sp³-hybridized carbons (Fsp3) is 0.692. The molecule has 0 amide bonds. The van der Waals surface area contributed by atoms with Gasteiger partial charge in [-0.3, -0.25) is 0 Å². The molecule has 7 heteroatoms. The molecule has 0 aromatic carbocycles. The van der Waals surface area contributed by atoms with E-state index in [0.29, 0.717) is 45.6 Å². The summed E-state index contributed by atoms with van der Waals surface area (Å²) in [4.78, 5) is 0. The largest absolute Gasteiger partial charge is 0.494 e. The maximum absolute atomic E-state index is 5.66. The van der Waals surface area contributed by atoms with Crippen LogP contribution >= 0.6 is 0 Å². The normalized spacial score (nSPS) is 10.6. The summed E-state index contributed by atoms with van der Waals surface area (Å²) < 4.78 is 31.7. The van der Waals surface area contributed by atoms with Crippen molar-refractivity contribution in [2.24, 2.45) is 0 Å². The summed E-state index contributed by atoms with van der Waals surface area (Å²) >= 11 is 0. The first kappa shape index (κ1) is 19.0. The molecular formula is C13H26O6Si. The minimum absolute atomic E-state index is 0.404. The average Bonchev–Trinajstić information content (AvgIpc) is 2.45. The van der Waals surface area contributed by atoms with E-state index in [0.717, 1.165) is 5.38 Å².